The Morgan fingerprint density at radius 1 is 1.00 bits per heavy atom. The minimum absolute atomic E-state index is 0.0305. The molecule has 0 aromatic heterocycles. The Balaban J connectivity index is 1.01. The van der Waals surface area contributed by atoms with Crippen LogP contribution in [0.15, 0.2) is 60.7 Å². The molecule has 14 nitrogen and oxygen atoms in total. The van der Waals surface area contributed by atoms with E-state index in [-0.39, 0.29) is 62.8 Å². The van der Waals surface area contributed by atoms with Crippen LogP contribution in [0.4, 0.5) is 5.69 Å². The van der Waals surface area contributed by atoms with Gasteiger partial charge in [-0.2, -0.15) is 5.26 Å². The number of nitrogens with one attached hydrogen (secondary N) is 2. The van der Waals surface area contributed by atoms with Crippen molar-refractivity contribution >= 4 is 57.8 Å². The van der Waals surface area contributed by atoms with Crippen LogP contribution in [-0.2, 0) is 19.1 Å². The van der Waals surface area contributed by atoms with E-state index in [2.05, 4.69) is 16.7 Å². The van der Waals surface area contributed by atoms with Crippen molar-refractivity contribution in [1.29, 1.82) is 5.26 Å². The second kappa shape index (κ2) is 15.4. The Bertz CT molecular complexity index is 1820. The molecule has 2 heterocycles. The Hall–Kier alpha value is -5.05. The monoisotopic (exact) mass is 782 g/mol. The van der Waals surface area contributed by atoms with Gasteiger partial charge < -0.3 is 29.4 Å². The summed E-state index contributed by atoms with van der Waals surface area (Å²) >= 11 is 1.99. The van der Waals surface area contributed by atoms with E-state index in [1.807, 2.05) is 22.6 Å². The van der Waals surface area contributed by atoms with Crippen molar-refractivity contribution in [3.8, 4) is 23.3 Å². The maximum atomic E-state index is 13.1. The highest BCUT2D eigenvalue weighted by atomic mass is 127. The molecule has 0 saturated carbocycles. The highest BCUT2D eigenvalue weighted by Gasteiger charge is 2.46. The summed E-state index contributed by atoms with van der Waals surface area (Å²) in [6.07, 6.45) is 0.0919. The predicted molar refractivity (Wildman–Crippen MR) is 180 cm³/mol. The fourth-order valence-corrected chi connectivity index (χ4v) is 5.64. The van der Waals surface area contributed by atoms with Crippen LogP contribution in [-0.4, -0.2) is 84.2 Å². The first kappa shape index (κ1) is 35.3. The molecule has 3 aromatic carbocycles. The average Bonchev–Trinajstić information content (AvgIpc) is 3.33. The molecule has 2 aliphatic rings. The number of aliphatic hydroxyl groups is 1. The largest absolute Gasteiger partial charge is 0.491 e. The van der Waals surface area contributed by atoms with Crippen molar-refractivity contribution in [3.05, 3.63) is 80.9 Å². The lowest BCUT2D eigenvalue weighted by Gasteiger charge is -2.27. The van der Waals surface area contributed by atoms with Crippen LogP contribution in [0.3, 0.4) is 0 Å². The summed E-state index contributed by atoms with van der Waals surface area (Å²) in [5.41, 5.74) is -0.714. The molecule has 1 saturated heterocycles. The van der Waals surface area contributed by atoms with Crippen LogP contribution in [0, 0.1) is 14.9 Å². The molecule has 49 heavy (non-hydrogen) atoms. The number of nitrogens with zero attached hydrogens (tertiary/aromatic N) is 2. The number of carbonyl (C=O) groups excluding carboxylic acids is 5. The zero-order valence-electron chi connectivity index (χ0n) is 26.2. The van der Waals surface area contributed by atoms with Gasteiger partial charge in [0, 0.05) is 15.7 Å². The molecule has 2 aliphatic heterocycles. The number of fused-ring (bicyclic) bond motifs is 1. The second-order valence-electron chi connectivity index (χ2n) is 11.2. The van der Waals surface area contributed by atoms with Gasteiger partial charge in [0.05, 0.1) is 29.9 Å². The van der Waals surface area contributed by atoms with Gasteiger partial charge in [0.15, 0.2) is 5.60 Å². The zero-order valence-corrected chi connectivity index (χ0v) is 28.4. The van der Waals surface area contributed by atoms with Gasteiger partial charge in [-0.3, -0.25) is 34.2 Å². The van der Waals surface area contributed by atoms with Gasteiger partial charge >= 0.3 is 0 Å². The molecule has 5 amide bonds. The van der Waals surface area contributed by atoms with Gasteiger partial charge in [0.1, 0.15) is 49.2 Å². The van der Waals surface area contributed by atoms with Gasteiger partial charge in [0.2, 0.25) is 11.8 Å². The number of imide groups is 2. The number of ether oxygens (including phenoxy) is 4. The van der Waals surface area contributed by atoms with Crippen LogP contribution in [0.25, 0.3) is 0 Å². The van der Waals surface area contributed by atoms with E-state index in [1.165, 1.54) is 13.0 Å². The Morgan fingerprint density at radius 2 is 1.69 bits per heavy atom. The number of benzene rings is 3. The van der Waals surface area contributed by atoms with E-state index in [0.29, 0.717) is 26.3 Å². The highest BCUT2D eigenvalue weighted by Crippen LogP contribution is 2.33. The lowest BCUT2D eigenvalue weighted by Crippen LogP contribution is -2.54. The number of nitriles is 1. The first-order valence-electron chi connectivity index (χ1n) is 15.1. The summed E-state index contributed by atoms with van der Waals surface area (Å²) in [6, 6.07) is 17.0. The molecule has 3 aromatic rings. The van der Waals surface area contributed by atoms with Gasteiger partial charge in [0.25, 0.3) is 17.7 Å². The summed E-state index contributed by atoms with van der Waals surface area (Å²) in [7, 11) is 0. The van der Waals surface area contributed by atoms with Crippen LogP contribution in [0.2, 0.25) is 0 Å². The third-order valence-corrected chi connectivity index (χ3v) is 8.48. The summed E-state index contributed by atoms with van der Waals surface area (Å²) in [6.45, 7) is 1.72. The maximum Gasteiger partial charge on any atom is 0.266 e. The number of hydrogen-bond donors (Lipinski definition) is 3. The average molecular weight is 783 g/mol. The number of carbonyl (C=O) groups is 5. The fourth-order valence-electron chi connectivity index (χ4n) is 5.01. The number of piperidine rings is 1. The topological polar surface area (TPSA) is 194 Å². The molecule has 0 radical (unpaired) electrons. The van der Waals surface area contributed by atoms with E-state index in [1.54, 1.807) is 54.6 Å². The predicted octanol–water partition coefficient (Wildman–Crippen LogP) is 2.81. The fraction of sp³-hybridized carbons (Fsp3) is 0.294. The molecule has 254 valence electrons. The smallest absolute Gasteiger partial charge is 0.266 e. The van der Waals surface area contributed by atoms with Gasteiger partial charge in [-0.25, -0.2) is 0 Å². The normalized spacial score (nSPS) is 16.7. The van der Waals surface area contributed by atoms with E-state index < -0.39 is 41.2 Å². The Kier molecular flexibility index (Phi) is 11.1. The van der Waals surface area contributed by atoms with Crippen LogP contribution in [0.5, 0.6) is 17.2 Å². The van der Waals surface area contributed by atoms with Crippen molar-refractivity contribution in [2.24, 2.45) is 0 Å². The van der Waals surface area contributed by atoms with Crippen molar-refractivity contribution in [2.75, 3.05) is 38.4 Å². The van der Waals surface area contributed by atoms with Gasteiger partial charge in [-0.15, -0.1) is 0 Å². The standard InChI is InChI=1S/C34H31IN4O10/c1-34(45,33(44)37-21-6-5-20(18-36)25(35)17-21)19-49-23-9-7-22(8-10-23)47-15-13-46-14-16-48-27-4-2-3-24-29(27)32(43)39(31(24)42)26-11-12-28(40)38-30(26)41/h2-10,17,26,45H,11-16,19H2,1H3,(H,37,44)(H,38,40,41). The Labute approximate surface area is 294 Å². The molecule has 2 atom stereocenters. The first-order chi connectivity index (χ1) is 23.5. The molecule has 5 rings (SSSR count). The van der Waals surface area contributed by atoms with Gasteiger partial charge in [-0.05, 0) is 90.5 Å². The summed E-state index contributed by atoms with van der Waals surface area (Å²) < 4.78 is 23.3. The molecule has 15 heteroatoms. The lowest BCUT2D eigenvalue weighted by atomic mass is 10.0. The zero-order chi connectivity index (χ0) is 35.1. The molecule has 0 aliphatic carbocycles. The SMILES string of the molecule is CC(O)(COc1ccc(OCCOCCOc2cccc3c2C(=O)N(C2CCC(=O)NC2=O)C3=O)cc1)C(=O)Nc1ccc(C#N)c(I)c1. The Morgan fingerprint density at radius 3 is 2.37 bits per heavy atom. The molecular weight excluding hydrogens is 751 g/mol. The molecular formula is C34H31IN4O10. The van der Waals surface area contributed by atoms with Crippen LogP contribution in [0.1, 0.15) is 46.0 Å². The van der Waals surface area contributed by atoms with Gasteiger partial charge in [-0.1, -0.05) is 6.07 Å². The molecule has 2 unspecified atom stereocenters. The summed E-state index contributed by atoms with van der Waals surface area (Å²) in [4.78, 5) is 63.4. The van der Waals surface area contributed by atoms with E-state index in [0.717, 1.165) is 4.90 Å². The van der Waals surface area contributed by atoms with Crippen LogP contribution < -0.4 is 24.8 Å². The van der Waals surface area contributed by atoms with Crippen molar-refractivity contribution in [2.45, 2.75) is 31.4 Å². The summed E-state index contributed by atoms with van der Waals surface area (Å²) in [5, 5.41) is 24.5. The molecule has 0 spiro atoms. The highest BCUT2D eigenvalue weighted by molar-refractivity contribution is 14.1. The number of amides is 5. The first-order valence-corrected chi connectivity index (χ1v) is 16.2. The number of halogens is 1. The van der Waals surface area contributed by atoms with Crippen molar-refractivity contribution < 1.29 is 48.0 Å². The lowest BCUT2D eigenvalue weighted by molar-refractivity contribution is -0.136. The molecule has 0 bridgehead atoms. The van der Waals surface area contributed by atoms with Crippen LogP contribution >= 0.6 is 22.6 Å². The summed E-state index contributed by atoms with van der Waals surface area (Å²) in [5.74, 6) is -1.92. The minimum atomic E-state index is -1.83. The minimum Gasteiger partial charge on any atom is -0.491 e. The number of rotatable bonds is 14. The molecule has 3 N–H and O–H groups in total. The third kappa shape index (κ3) is 8.34. The van der Waals surface area contributed by atoms with E-state index >= 15 is 0 Å². The van der Waals surface area contributed by atoms with E-state index in [9.17, 15) is 29.1 Å². The quantitative estimate of drug-likeness (QED) is 0.124. The maximum absolute atomic E-state index is 13.1. The number of anilines is 1. The van der Waals surface area contributed by atoms with E-state index in [4.69, 9.17) is 24.2 Å². The van der Waals surface area contributed by atoms with Crippen molar-refractivity contribution in [3.63, 3.8) is 0 Å². The number of hydrogen-bond acceptors (Lipinski definition) is 11. The third-order valence-electron chi connectivity index (χ3n) is 7.59. The molecule has 1 fully saturated rings. The second-order valence-corrected chi connectivity index (χ2v) is 12.4. The van der Waals surface area contributed by atoms with Crippen molar-refractivity contribution in [1.82, 2.24) is 10.2 Å².